The Kier molecular flexibility index (Phi) is 8.65. The number of hydrogen-bond donors (Lipinski definition) is 2. The zero-order chi connectivity index (χ0) is 19.2. The molecule has 28 heavy (non-hydrogen) atoms. The molecular weight excluding hydrogens is 472 g/mol. The number of aliphatic hydroxyl groups is 1. The van der Waals surface area contributed by atoms with E-state index in [0.29, 0.717) is 18.7 Å². The third kappa shape index (κ3) is 5.42. The standard InChI is InChI=1S/C21H26FN3O2.HI/c1-15-5-3-4-6-18(15)20-13-25(9-10-27-20)21(23-2)24-12-16-7-8-19(22)17(11-16)14-26;/h3-8,11,20,26H,9-10,12-14H2,1-2H3,(H,23,24);1H. The van der Waals surface area contributed by atoms with Crippen LogP contribution in [0.3, 0.4) is 0 Å². The van der Waals surface area contributed by atoms with E-state index in [-0.39, 0.29) is 42.5 Å². The van der Waals surface area contributed by atoms with Gasteiger partial charge in [0.1, 0.15) is 11.9 Å². The molecule has 5 nitrogen and oxygen atoms in total. The third-order valence-electron chi connectivity index (χ3n) is 4.84. The first-order valence-corrected chi connectivity index (χ1v) is 9.13. The van der Waals surface area contributed by atoms with Crippen molar-refractivity contribution >= 4 is 29.9 Å². The molecule has 2 aromatic rings. The first kappa shape index (κ1) is 22.6. The summed E-state index contributed by atoms with van der Waals surface area (Å²) in [6.07, 6.45) is 0.00492. The van der Waals surface area contributed by atoms with Crippen molar-refractivity contribution in [1.82, 2.24) is 10.2 Å². The van der Waals surface area contributed by atoms with E-state index in [9.17, 15) is 9.50 Å². The van der Waals surface area contributed by atoms with Gasteiger partial charge < -0.3 is 20.1 Å². The summed E-state index contributed by atoms with van der Waals surface area (Å²) < 4.78 is 19.5. The molecule has 0 bridgehead atoms. The minimum absolute atomic E-state index is 0. The number of aliphatic hydroxyl groups excluding tert-OH is 1. The molecule has 2 N–H and O–H groups in total. The number of halogens is 2. The molecule has 0 aliphatic carbocycles. The highest BCUT2D eigenvalue weighted by Gasteiger charge is 2.25. The SMILES string of the molecule is CN=C(NCc1ccc(F)c(CO)c1)N1CCOC(c2ccccc2C)C1.I. The lowest BCUT2D eigenvalue weighted by Crippen LogP contribution is -2.48. The Morgan fingerprint density at radius 1 is 1.32 bits per heavy atom. The van der Waals surface area contributed by atoms with E-state index in [1.54, 1.807) is 19.2 Å². The van der Waals surface area contributed by atoms with Crippen LogP contribution in [0.2, 0.25) is 0 Å². The van der Waals surface area contributed by atoms with Gasteiger partial charge in [-0.25, -0.2) is 4.39 Å². The number of aryl methyl sites for hydroxylation is 1. The highest BCUT2D eigenvalue weighted by atomic mass is 127. The van der Waals surface area contributed by atoms with E-state index in [2.05, 4.69) is 34.3 Å². The summed E-state index contributed by atoms with van der Waals surface area (Å²) in [5.41, 5.74) is 3.61. The van der Waals surface area contributed by atoms with Crippen LogP contribution < -0.4 is 5.32 Å². The van der Waals surface area contributed by atoms with Crippen molar-refractivity contribution in [3.63, 3.8) is 0 Å². The Labute approximate surface area is 182 Å². The maximum Gasteiger partial charge on any atom is 0.194 e. The molecule has 152 valence electrons. The Morgan fingerprint density at radius 3 is 2.82 bits per heavy atom. The van der Waals surface area contributed by atoms with Crippen LogP contribution in [0, 0.1) is 12.7 Å². The van der Waals surface area contributed by atoms with Crippen molar-refractivity contribution in [2.45, 2.75) is 26.2 Å². The zero-order valence-corrected chi connectivity index (χ0v) is 18.5. The van der Waals surface area contributed by atoms with Gasteiger partial charge in [0.2, 0.25) is 0 Å². The predicted molar refractivity (Wildman–Crippen MR) is 119 cm³/mol. The molecular formula is C21H27FIN3O2. The van der Waals surface area contributed by atoms with Crippen LogP contribution in [0.25, 0.3) is 0 Å². The van der Waals surface area contributed by atoms with Crippen LogP contribution in [0.5, 0.6) is 0 Å². The van der Waals surface area contributed by atoms with Crippen LogP contribution in [0.15, 0.2) is 47.5 Å². The van der Waals surface area contributed by atoms with Crippen LogP contribution in [0.1, 0.15) is 28.4 Å². The van der Waals surface area contributed by atoms with E-state index < -0.39 is 0 Å². The summed E-state index contributed by atoms with van der Waals surface area (Å²) in [6.45, 7) is 4.40. The molecule has 7 heteroatoms. The van der Waals surface area contributed by atoms with Crippen molar-refractivity contribution in [3.05, 3.63) is 70.5 Å². The average Bonchev–Trinajstić information content (AvgIpc) is 2.70. The highest BCUT2D eigenvalue weighted by molar-refractivity contribution is 14.0. The number of aliphatic imine (C=N–C) groups is 1. The first-order valence-electron chi connectivity index (χ1n) is 9.13. The minimum Gasteiger partial charge on any atom is -0.392 e. The van der Waals surface area contributed by atoms with E-state index >= 15 is 0 Å². The number of ether oxygens (including phenoxy) is 1. The molecule has 0 spiro atoms. The molecule has 2 aromatic carbocycles. The Hall–Kier alpha value is -1.71. The first-order chi connectivity index (χ1) is 13.1. The van der Waals surface area contributed by atoms with Gasteiger partial charge in [-0.05, 0) is 35.7 Å². The van der Waals surface area contributed by atoms with Crippen molar-refractivity contribution in [3.8, 4) is 0 Å². The van der Waals surface area contributed by atoms with E-state index in [1.807, 2.05) is 12.1 Å². The van der Waals surface area contributed by atoms with Gasteiger partial charge >= 0.3 is 0 Å². The Bertz CT molecular complexity index is 816. The zero-order valence-electron chi connectivity index (χ0n) is 16.2. The van der Waals surface area contributed by atoms with E-state index in [0.717, 1.165) is 24.6 Å². The van der Waals surface area contributed by atoms with Crippen molar-refractivity contribution in [1.29, 1.82) is 0 Å². The van der Waals surface area contributed by atoms with Gasteiger partial charge in [0.05, 0.1) is 19.8 Å². The topological polar surface area (TPSA) is 57.1 Å². The monoisotopic (exact) mass is 499 g/mol. The summed E-state index contributed by atoms with van der Waals surface area (Å²) >= 11 is 0. The molecule has 1 heterocycles. The largest absolute Gasteiger partial charge is 0.392 e. The molecule has 0 radical (unpaired) electrons. The lowest BCUT2D eigenvalue weighted by molar-refractivity contribution is -0.00834. The molecule has 0 amide bonds. The number of nitrogens with zero attached hydrogens (tertiary/aromatic N) is 2. The van der Waals surface area contributed by atoms with Gasteiger partial charge in [0.25, 0.3) is 0 Å². The quantitative estimate of drug-likeness (QED) is 0.385. The molecule has 1 saturated heterocycles. The second-order valence-electron chi connectivity index (χ2n) is 6.65. The van der Waals surface area contributed by atoms with Gasteiger partial charge in [-0.2, -0.15) is 0 Å². The Morgan fingerprint density at radius 2 is 2.11 bits per heavy atom. The number of benzene rings is 2. The summed E-state index contributed by atoms with van der Waals surface area (Å²) in [7, 11) is 1.75. The summed E-state index contributed by atoms with van der Waals surface area (Å²) in [6, 6.07) is 13.0. The molecule has 0 saturated carbocycles. The van der Waals surface area contributed by atoms with Gasteiger partial charge in [-0.1, -0.05) is 30.3 Å². The van der Waals surface area contributed by atoms with Crippen LogP contribution in [-0.2, 0) is 17.9 Å². The molecule has 1 aliphatic rings. The molecule has 1 unspecified atom stereocenters. The van der Waals surface area contributed by atoms with Crippen LogP contribution in [-0.4, -0.2) is 42.7 Å². The average molecular weight is 499 g/mol. The second kappa shape index (κ2) is 10.7. The molecule has 1 fully saturated rings. The van der Waals surface area contributed by atoms with Crippen LogP contribution >= 0.6 is 24.0 Å². The van der Waals surface area contributed by atoms with Crippen molar-refractivity contribution in [2.75, 3.05) is 26.7 Å². The third-order valence-corrected chi connectivity index (χ3v) is 4.84. The number of hydrogen-bond acceptors (Lipinski definition) is 3. The normalized spacial score (nSPS) is 17.2. The van der Waals surface area contributed by atoms with E-state index in [1.165, 1.54) is 17.2 Å². The molecule has 1 atom stereocenters. The van der Waals surface area contributed by atoms with Crippen molar-refractivity contribution in [2.24, 2.45) is 4.99 Å². The smallest absolute Gasteiger partial charge is 0.194 e. The van der Waals surface area contributed by atoms with Gasteiger partial charge in [0.15, 0.2) is 5.96 Å². The fraction of sp³-hybridized carbons (Fsp3) is 0.381. The molecule has 1 aliphatic heterocycles. The Balaban J connectivity index is 0.00000280. The highest BCUT2D eigenvalue weighted by Crippen LogP contribution is 2.25. The second-order valence-corrected chi connectivity index (χ2v) is 6.65. The predicted octanol–water partition coefficient (Wildman–Crippen LogP) is 3.39. The summed E-state index contributed by atoms with van der Waals surface area (Å²) in [4.78, 5) is 6.57. The van der Waals surface area contributed by atoms with Crippen molar-refractivity contribution < 1.29 is 14.2 Å². The van der Waals surface area contributed by atoms with Gasteiger partial charge in [0, 0.05) is 25.7 Å². The maximum atomic E-state index is 13.5. The van der Waals surface area contributed by atoms with Gasteiger partial charge in [-0.3, -0.25) is 4.99 Å². The molecule has 0 aromatic heterocycles. The maximum absolute atomic E-state index is 13.5. The summed E-state index contributed by atoms with van der Waals surface area (Å²) in [5.74, 6) is 0.395. The number of guanidine groups is 1. The van der Waals surface area contributed by atoms with Crippen LogP contribution in [0.4, 0.5) is 4.39 Å². The number of morpholine rings is 1. The van der Waals surface area contributed by atoms with E-state index in [4.69, 9.17) is 4.74 Å². The molecule has 3 rings (SSSR count). The number of nitrogens with one attached hydrogen (secondary N) is 1. The van der Waals surface area contributed by atoms with Gasteiger partial charge in [-0.15, -0.1) is 24.0 Å². The summed E-state index contributed by atoms with van der Waals surface area (Å²) in [5, 5.41) is 12.6. The fourth-order valence-corrected chi connectivity index (χ4v) is 3.35. The fourth-order valence-electron chi connectivity index (χ4n) is 3.35. The number of rotatable bonds is 4. The lowest BCUT2D eigenvalue weighted by atomic mass is 10.0. The minimum atomic E-state index is -0.389. The lowest BCUT2D eigenvalue weighted by Gasteiger charge is -2.35.